The molecule has 7 nitrogen and oxygen atoms in total. The molecule has 1 aliphatic heterocycles. The highest BCUT2D eigenvalue weighted by molar-refractivity contribution is 7.16. The van der Waals surface area contributed by atoms with E-state index in [1.165, 1.54) is 5.51 Å². The van der Waals surface area contributed by atoms with E-state index in [1.54, 1.807) is 0 Å². The van der Waals surface area contributed by atoms with Gasteiger partial charge in [-0.05, 0) is 18.2 Å². The van der Waals surface area contributed by atoms with Gasteiger partial charge in [-0.25, -0.2) is 23.5 Å². The molecule has 168 valence electrons. The highest BCUT2D eigenvalue weighted by Crippen LogP contribution is 2.38. The summed E-state index contributed by atoms with van der Waals surface area (Å²) in [5.74, 6) is -3.51. The number of nitrogens with one attached hydrogen (secondary N) is 1. The van der Waals surface area contributed by atoms with E-state index >= 15 is 0 Å². The lowest BCUT2D eigenvalue weighted by molar-refractivity contribution is -0.136. The number of pyridine rings is 1. The maximum atomic E-state index is 14.4. The Balaban J connectivity index is 1.75. The summed E-state index contributed by atoms with van der Waals surface area (Å²) in [7, 11) is 1.16. The lowest BCUT2D eigenvalue weighted by atomic mass is 10.2. The van der Waals surface area contributed by atoms with Gasteiger partial charge in [-0.1, -0.05) is 11.6 Å². The smallest absolute Gasteiger partial charge is 0.335 e. The highest BCUT2D eigenvalue weighted by Gasteiger charge is 2.42. The second-order valence-corrected chi connectivity index (χ2v) is 7.91. The lowest BCUT2D eigenvalue weighted by Crippen LogP contribution is -2.47. The van der Waals surface area contributed by atoms with Crippen molar-refractivity contribution in [2.75, 3.05) is 23.4 Å². The number of thiazole rings is 1. The minimum atomic E-state index is -4.79. The van der Waals surface area contributed by atoms with E-state index in [0.29, 0.717) is 6.07 Å². The number of likely N-dealkylation sites (N-methyl/N-ethyl adjacent to an activating group) is 1. The normalized spacial score (nSPS) is 16.5. The van der Waals surface area contributed by atoms with Gasteiger partial charge >= 0.3 is 12.2 Å². The molecule has 14 heteroatoms. The van der Waals surface area contributed by atoms with Crippen molar-refractivity contribution in [3.05, 3.63) is 45.9 Å². The van der Waals surface area contributed by atoms with Gasteiger partial charge in [-0.3, -0.25) is 9.69 Å². The molecule has 4 rings (SSSR count). The molecule has 3 amide bonds. The van der Waals surface area contributed by atoms with E-state index in [-0.39, 0.29) is 22.6 Å². The molecule has 1 aromatic carbocycles. The molecule has 3 aromatic rings. The van der Waals surface area contributed by atoms with Crippen LogP contribution in [0.4, 0.5) is 38.3 Å². The average Bonchev–Trinajstić information content (AvgIpc) is 3.35. The number of rotatable bonds is 3. The third-order valence-electron chi connectivity index (χ3n) is 4.81. The number of benzene rings is 1. The molecule has 3 heterocycles. The largest absolute Gasteiger partial charge is 0.418 e. The van der Waals surface area contributed by atoms with Crippen LogP contribution in [0.15, 0.2) is 23.7 Å². The second kappa shape index (κ2) is 7.81. The molecule has 0 radical (unpaired) electrons. The number of alkyl halides is 3. The minimum absolute atomic E-state index is 0.0783. The zero-order chi connectivity index (χ0) is 23.4. The monoisotopic (exact) mass is 491 g/mol. The van der Waals surface area contributed by atoms with Crippen LogP contribution < -0.4 is 15.1 Å². The Morgan fingerprint density at radius 2 is 2.06 bits per heavy atom. The number of carbonyl (C=O) groups is 2. The summed E-state index contributed by atoms with van der Waals surface area (Å²) in [6.45, 7) is -0.275. The number of hydrogen-bond donors (Lipinski definition) is 1. The Labute approximate surface area is 185 Å². The van der Waals surface area contributed by atoms with E-state index in [0.717, 1.165) is 40.3 Å². The lowest BCUT2D eigenvalue weighted by Gasteiger charge is -2.27. The number of urea groups is 1. The Kier molecular flexibility index (Phi) is 5.41. The number of anilines is 2. The molecule has 0 spiro atoms. The first-order chi connectivity index (χ1) is 15.0. The summed E-state index contributed by atoms with van der Waals surface area (Å²) >= 11 is 6.39. The molecule has 0 aliphatic carbocycles. The predicted octanol–water partition coefficient (Wildman–Crippen LogP) is 4.20. The Morgan fingerprint density at radius 1 is 1.34 bits per heavy atom. The summed E-state index contributed by atoms with van der Waals surface area (Å²) in [6, 6.07) is 0.248. The van der Waals surface area contributed by atoms with E-state index < -0.39 is 52.2 Å². The molecule has 2 aromatic heterocycles. The number of aromatic nitrogens is 2. The van der Waals surface area contributed by atoms with Gasteiger partial charge in [0.15, 0.2) is 5.82 Å². The van der Waals surface area contributed by atoms with Crippen molar-refractivity contribution >= 4 is 56.7 Å². The Hall–Kier alpha value is -3.06. The molecule has 1 aliphatic rings. The van der Waals surface area contributed by atoms with Crippen LogP contribution in [0.1, 0.15) is 5.56 Å². The number of halogens is 6. The summed E-state index contributed by atoms with van der Waals surface area (Å²) < 4.78 is 68.4. The standard InChI is InChI=1S/C18H11ClF5N5O2S/c1-28(9-3-2-8(20)12(19)13(9)21)16(30)10-5-25-17(31)29(10)11-4-7(18(22,23)24)14-15(27-11)32-6-26-14/h2-4,6,10H,5H2,1H3,(H,25,31)/t10-/m0/s1. The van der Waals surface area contributed by atoms with Crippen LogP contribution in [0, 0.1) is 11.6 Å². The van der Waals surface area contributed by atoms with Crippen molar-refractivity contribution in [2.45, 2.75) is 12.2 Å². The minimum Gasteiger partial charge on any atom is -0.335 e. The number of hydrogen-bond acceptors (Lipinski definition) is 5. The van der Waals surface area contributed by atoms with Crippen molar-refractivity contribution in [1.29, 1.82) is 0 Å². The maximum absolute atomic E-state index is 14.4. The van der Waals surface area contributed by atoms with Crippen LogP contribution in [0.5, 0.6) is 0 Å². The molecule has 1 fully saturated rings. The summed E-state index contributed by atoms with van der Waals surface area (Å²) in [6.07, 6.45) is -4.79. The molecule has 0 unspecified atom stereocenters. The van der Waals surface area contributed by atoms with Crippen molar-refractivity contribution < 1.29 is 31.5 Å². The molecule has 0 bridgehead atoms. The van der Waals surface area contributed by atoms with Gasteiger partial charge in [0.25, 0.3) is 5.91 Å². The van der Waals surface area contributed by atoms with Crippen molar-refractivity contribution in [3.63, 3.8) is 0 Å². The SMILES string of the molecule is CN(C(=O)[C@@H]1CNC(=O)N1c1cc(C(F)(F)F)c2ncsc2n1)c1ccc(F)c(Cl)c1F. The zero-order valence-corrected chi connectivity index (χ0v) is 17.4. The first kappa shape index (κ1) is 22.1. The van der Waals surface area contributed by atoms with Gasteiger partial charge in [0, 0.05) is 13.6 Å². The van der Waals surface area contributed by atoms with Crippen LogP contribution in [-0.4, -0.2) is 41.5 Å². The molecule has 0 saturated carbocycles. The van der Waals surface area contributed by atoms with Gasteiger partial charge in [0.1, 0.15) is 33.0 Å². The zero-order valence-electron chi connectivity index (χ0n) is 15.9. The molecule has 1 saturated heterocycles. The topological polar surface area (TPSA) is 78.4 Å². The van der Waals surface area contributed by atoms with Gasteiger partial charge in [-0.2, -0.15) is 13.2 Å². The average molecular weight is 492 g/mol. The van der Waals surface area contributed by atoms with E-state index in [2.05, 4.69) is 15.3 Å². The fourth-order valence-electron chi connectivity index (χ4n) is 3.26. The first-order valence-electron chi connectivity index (χ1n) is 8.80. The molecular weight excluding hydrogens is 481 g/mol. The molecule has 1 N–H and O–H groups in total. The molecule has 1 atom stereocenters. The Bertz CT molecular complexity index is 1250. The molecule has 32 heavy (non-hydrogen) atoms. The predicted molar refractivity (Wildman–Crippen MR) is 107 cm³/mol. The van der Waals surface area contributed by atoms with Crippen molar-refractivity contribution in [1.82, 2.24) is 15.3 Å². The van der Waals surface area contributed by atoms with Crippen LogP contribution in [0.3, 0.4) is 0 Å². The summed E-state index contributed by atoms with van der Waals surface area (Å²) in [4.78, 5) is 34.7. The van der Waals surface area contributed by atoms with Crippen LogP contribution in [-0.2, 0) is 11.0 Å². The molecular formula is C18H11ClF5N5O2S. The fraction of sp³-hybridized carbons (Fsp3) is 0.222. The van der Waals surface area contributed by atoms with Gasteiger partial charge in [0.2, 0.25) is 0 Å². The second-order valence-electron chi connectivity index (χ2n) is 6.70. The summed E-state index contributed by atoms with van der Waals surface area (Å²) in [5, 5.41) is 1.54. The highest BCUT2D eigenvalue weighted by atomic mass is 35.5. The van der Waals surface area contributed by atoms with Gasteiger partial charge in [0.05, 0.1) is 16.8 Å². The first-order valence-corrected chi connectivity index (χ1v) is 10.1. The van der Waals surface area contributed by atoms with Crippen molar-refractivity contribution in [2.24, 2.45) is 0 Å². The third-order valence-corrected chi connectivity index (χ3v) is 5.88. The quantitative estimate of drug-likeness (QED) is 0.440. The number of fused-ring (bicyclic) bond motifs is 1. The summed E-state index contributed by atoms with van der Waals surface area (Å²) in [5.41, 5.74) is -0.691. The van der Waals surface area contributed by atoms with E-state index in [1.807, 2.05) is 0 Å². The number of carbonyl (C=O) groups excluding carboxylic acids is 2. The van der Waals surface area contributed by atoms with Gasteiger partial charge < -0.3 is 10.2 Å². The third kappa shape index (κ3) is 3.60. The van der Waals surface area contributed by atoms with Crippen LogP contribution in [0.2, 0.25) is 5.02 Å². The van der Waals surface area contributed by atoms with E-state index in [4.69, 9.17) is 11.6 Å². The Morgan fingerprint density at radius 3 is 2.75 bits per heavy atom. The van der Waals surface area contributed by atoms with E-state index in [9.17, 15) is 31.5 Å². The van der Waals surface area contributed by atoms with Crippen molar-refractivity contribution in [3.8, 4) is 0 Å². The number of amides is 3. The number of nitrogens with zero attached hydrogens (tertiary/aromatic N) is 4. The van der Waals surface area contributed by atoms with Gasteiger partial charge in [-0.15, -0.1) is 11.3 Å². The fourth-order valence-corrected chi connectivity index (χ4v) is 4.10. The maximum Gasteiger partial charge on any atom is 0.418 e. The van der Waals surface area contributed by atoms with Crippen LogP contribution >= 0.6 is 22.9 Å². The van der Waals surface area contributed by atoms with Crippen LogP contribution in [0.25, 0.3) is 10.3 Å².